The highest BCUT2D eigenvalue weighted by Gasteiger charge is 2.60. The smallest absolute Gasteiger partial charge is 0.266 e. The minimum atomic E-state index is -0.921. The molecule has 2 aliphatic rings. The standard InChI is InChI=1S/C25H21BrN2O5/c1-31-19-11-3-15(4-12-19)22-21-23(33-28(22)18-9-13-20(32-2)14-10-18)25(30)27(24(21)29)17-7-5-16(26)6-8-17/h3-14,21-23H,1-2H3. The van der Waals surface area contributed by atoms with Crippen molar-refractivity contribution >= 4 is 39.1 Å². The number of methoxy groups -OCH3 is 2. The number of carbonyl (C=O) groups excluding carboxylic acids is 2. The lowest BCUT2D eigenvalue weighted by Crippen LogP contribution is -2.37. The summed E-state index contributed by atoms with van der Waals surface area (Å²) in [4.78, 5) is 34.3. The van der Waals surface area contributed by atoms with Crippen LogP contribution in [0.5, 0.6) is 11.5 Å². The summed E-state index contributed by atoms with van der Waals surface area (Å²) in [5.41, 5.74) is 2.09. The molecule has 0 aromatic heterocycles. The Morgan fingerprint density at radius 2 is 1.30 bits per heavy atom. The monoisotopic (exact) mass is 508 g/mol. The van der Waals surface area contributed by atoms with E-state index in [1.165, 1.54) is 4.90 Å². The van der Waals surface area contributed by atoms with Crippen LogP contribution in [0.4, 0.5) is 11.4 Å². The van der Waals surface area contributed by atoms with Crippen LogP contribution in [0.2, 0.25) is 0 Å². The van der Waals surface area contributed by atoms with Crippen LogP contribution in [0.3, 0.4) is 0 Å². The van der Waals surface area contributed by atoms with Crippen LogP contribution in [0.1, 0.15) is 11.6 Å². The Morgan fingerprint density at radius 3 is 1.88 bits per heavy atom. The van der Waals surface area contributed by atoms with Crippen molar-refractivity contribution in [3.05, 3.63) is 82.8 Å². The van der Waals surface area contributed by atoms with Gasteiger partial charge in [-0.2, -0.15) is 0 Å². The van der Waals surface area contributed by atoms with E-state index in [4.69, 9.17) is 14.3 Å². The molecule has 0 saturated carbocycles. The number of fused-ring (bicyclic) bond motifs is 1. The zero-order valence-corrected chi connectivity index (χ0v) is 19.6. The Labute approximate surface area is 199 Å². The zero-order valence-electron chi connectivity index (χ0n) is 18.0. The van der Waals surface area contributed by atoms with Crippen LogP contribution in [0.25, 0.3) is 0 Å². The Morgan fingerprint density at radius 1 is 0.758 bits per heavy atom. The summed E-state index contributed by atoms with van der Waals surface area (Å²) in [5.74, 6) is 0.0471. The molecule has 2 amide bonds. The maximum atomic E-state index is 13.6. The molecule has 3 unspecified atom stereocenters. The van der Waals surface area contributed by atoms with E-state index in [9.17, 15) is 9.59 Å². The van der Waals surface area contributed by atoms with Crippen molar-refractivity contribution in [2.24, 2.45) is 5.92 Å². The normalized spacial score (nSPS) is 22.0. The van der Waals surface area contributed by atoms with Gasteiger partial charge in [-0.05, 0) is 66.2 Å². The van der Waals surface area contributed by atoms with E-state index in [1.54, 1.807) is 43.5 Å². The molecule has 0 radical (unpaired) electrons. The average molecular weight is 509 g/mol. The van der Waals surface area contributed by atoms with Crippen molar-refractivity contribution in [1.82, 2.24) is 0 Å². The SMILES string of the molecule is COc1ccc(C2C3C(=O)N(c4ccc(Br)cc4)C(=O)C3ON2c2ccc(OC)cc2)cc1. The molecule has 3 aromatic carbocycles. The first kappa shape index (κ1) is 21.5. The fourth-order valence-electron chi connectivity index (χ4n) is 4.35. The summed E-state index contributed by atoms with van der Waals surface area (Å²) >= 11 is 3.39. The molecular formula is C25H21BrN2O5. The molecule has 168 valence electrons. The lowest BCUT2D eigenvalue weighted by Gasteiger charge is -2.29. The lowest BCUT2D eigenvalue weighted by molar-refractivity contribution is -0.126. The molecule has 2 heterocycles. The second kappa shape index (κ2) is 8.53. The minimum absolute atomic E-state index is 0.288. The number of anilines is 2. The van der Waals surface area contributed by atoms with Crippen LogP contribution in [0, 0.1) is 5.92 Å². The molecule has 2 fully saturated rings. The average Bonchev–Trinajstić information content (AvgIpc) is 3.36. The number of imide groups is 1. The topological polar surface area (TPSA) is 68.3 Å². The molecule has 0 spiro atoms. The van der Waals surface area contributed by atoms with Crippen molar-refractivity contribution in [3.8, 4) is 11.5 Å². The number of halogens is 1. The zero-order chi connectivity index (χ0) is 23.1. The van der Waals surface area contributed by atoms with Crippen molar-refractivity contribution in [1.29, 1.82) is 0 Å². The van der Waals surface area contributed by atoms with Gasteiger partial charge in [0.1, 0.15) is 17.4 Å². The highest BCUT2D eigenvalue weighted by Crippen LogP contribution is 2.48. The van der Waals surface area contributed by atoms with Gasteiger partial charge < -0.3 is 9.47 Å². The molecule has 3 aromatic rings. The lowest BCUT2D eigenvalue weighted by atomic mass is 9.90. The third-order valence-electron chi connectivity index (χ3n) is 5.98. The number of amides is 2. The van der Waals surface area contributed by atoms with Gasteiger partial charge in [0.2, 0.25) is 5.91 Å². The molecule has 33 heavy (non-hydrogen) atoms. The number of hydrogen-bond donors (Lipinski definition) is 0. The summed E-state index contributed by atoms with van der Waals surface area (Å²) in [6.45, 7) is 0. The molecule has 0 N–H and O–H groups in total. The summed E-state index contributed by atoms with van der Waals surface area (Å²) < 4.78 is 11.4. The first-order valence-electron chi connectivity index (χ1n) is 10.4. The van der Waals surface area contributed by atoms with E-state index in [-0.39, 0.29) is 11.8 Å². The number of hydroxylamine groups is 1. The quantitative estimate of drug-likeness (QED) is 0.472. The first-order chi connectivity index (χ1) is 16.0. The number of nitrogens with zero attached hydrogens (tertiary/aromatic N) is 2. The molecule has 8 heteroatoms. The molecule has 0 aliphatic carbocycles. The van der Waals surface area contributed by atoms with Gasteiger partial charge in [-0.1, -0.05) is 28.1 Å². The van der Waals surface area contributed by atoms with Gasteiger partial charge in [0.05, 0.1) is 31.6 Å². The Hall–Kier alpha value is -3.36. The van der Waals surface area contributed by atoms with Crippen molar-refractivity contribution in [2.45, 2.75) is 12.1 Å². The Bertz CT molecular complexity index is 1180. The maximum Gasteiger partial charge on any atom is 0.266 e. The van der Waals surface area contributed by atoms with Gasteiger partial charge in [-0.25, -0.2) is 9.96 Å². The molecule has 0 bridgehead atoms. The molecule has 2 aliphatic heterocycles. The molecular weight excluding hydrogens is 488 g/mol. The fourth-order valence-corrected chi connectivity index (χ4v) is 4.62. The molecule has 3 atom stereocenters. The van der Waals surface area contributed by atoms with E-state index < -0.39 is 18.1 Å². The minimum Gasteiger partial charge on any atom is -0.497 e. The van der Waals surface area contributed by atoms with Crippen LogP contribution in [-0.4, -0.2) is 32.1 Å². The van der Waals surface area contributed by atoms with Gasteiger partial charge in [0, 0.05) is 4.47 Å². The predicted octanol–water partition coefficient (Wildman–Crippen LogP) is 4.52. The Kier molecular flexibility index (Phi) is 5.55. The van der Waals surface area contributed by atoms with Gasteiger partial charge in [0.15, 0.2) is 6.10 Å². The second-order valence-electron chi connectivity index (χ2n) is 7.78. The van der Waals surface area contributed by atoms with Crippen molar-refractivity contribution in [3.63, 3.8) is 0 Å². The van der Waals surface area contributed by atoms with Crippen LogP contribution >= 0.6 is 15.9 Å². The maximum absolute atomic E-state index is 13.6. The number of hydrogen-bond acceptors (Lipinski definition) is 6. The summed E-state index contributed by atoms with van der Waals surface area (Å²) in [6, 6.07) is 21.4. The van der Waals surface area contributed by atoms with Gasteiger partial charge in [-0.3, -0.25) is 14.4 Å². The highest BCUT2D eigenvalue weighted by molar-refractivity contribution is 9.10. The van der Waals surface area contributed by atoms with Gasteiger partial charge in [-0.15, -0.1) is 0 Å². The number of ether oxygens (including phenoxy) is 2. The third-order valence-corrected chi connectivity index (χ3v) is 6.51. The van der Waals surface area contributed by atoms with Crippen molar-refractivity contribution < 1.29 is 23.9 Å². The largest absolute Gasteiger partial charge is 0.497 e. The number of rotatable bonds is 5. The fraction of sp³-hybridized carbons (Fsp3) is 0.200. The summed E-state index contributed by atoms with van der Waals surface area (Å²) in [5, 5.41) is 1.66. The van der Waals surface area contributed by atoms with Crippen molar-refractivity contribution in [2.75, 3.05) is 24.2 Å². The predicted molar refractivity (Wildman–Crippen MR) is 126 cm³/mol. The van der Waals surface area contributed by atoms with E-state index in [0.29, 0.717) is 17.2 Å². The Balaban J connectivity index is 1.56. The number of carbonyl (C=O) groups is 2. The van der Waals surface area contributed by atoms with Gasteiger partial charge >= 0.3 is 0 Å². The first-order valence-corrected chi connectivity index (χ1v) is 11.2. The van der Waals surface area contributed by atoms with E-state index in [0.717, 1.165) is 15.7 Å². The van der Waals surface area contributed by atoms with E-state index >= 15 is 0 Å². The summed E-state index contributed by atoms with van der Waals surface area (Å²) in [7, 11) is 3.20. The summed E-state index contributed by atoms with van der Waals surface area (Å²) in [6.07, 6.45) is -0.921. The van der Waals surface area contributed by atoms with E-state index in [2.05, 4.69) is 15.9 Å². The third kappa shape index (κ3) is 3.65. The van der Waals surface area contributed by atoms with Crippen LogP contribution in [0.15, 0.2) is 77.3 Å². The highest BCUT2D eigenvalue weighted by atomic mass is 79.9. The van der Waals surface area contributed by atoms with E-state index in [1.807, 2.05) is 48.5 Å². The van der Waals surface area contributed by atoms with Crippen LogP contribution in [-0.2, 0) is 14.4 Å². The molecule has 2 saturated heterocycles. The van der Waals surface area contributed by atoms with Crippen LogP contribution < -0.4 is 19.4 Å². The van der Waals surface area contributed by atoms with Gasteiger partial charge in [0.25, 0.3) is 5.91 Å². The second-order valence-corrected chi connectivity index (χ2v) is 8.70. The molecule has 5 rings (SSSR count). The molecule has 7 nitrogen and oxygen atoms in total. The number of benzene rings is 3.